The summed E-state index contributed by atoms with van der Waals surface area (Å²) in [6.07, 6.45) is 0.607. The number of nitrogens with one attached hydrogen (secondary N) is 1. The fraction of sp³-hybridized carbons (Fsp3) is 0.429. The van der Waals surface area contributed by atoms with Crippen LogP contribution in [-0.2, 0) is 24.3 Å². The minimum atomic E-state index is -0.178. The van der Waals surface area contributed by atoms with Crippen molar-refractivity contribution in [1.82, 2.24) is 15.5 Å². The summed E-state index contributed by atoms with van der Waals surface area (Å²) in [5.41, 5.74) is 0.695. The van der Waals surface area contributed by atoms with Crippen LogP contribution in [0.2, 0.25) is 0 Å². The van der Waals surface area contributed by atoms with Gasteiger partial charge < -0.3 is 14.6 Å². The molecule has 0 aliphatic carbocycles. The average molecular weight is 279 g/mol. The largest absolute Gasteiger partial charge is 0.375 e. The van der Waals surface area contributed by atoms with Crippen LogP contribution in [0.4, 0.5) is 4.39 Å². The van der Waals surface area contributed by atoms with Crippen LogP contribution in [0.1, 0.15) is 24.2 Å². The first-order chi connectivity index (χ1) is 9.69. The van der Waals surface area contributed by atoms with Gasteiger partial charge in [-0.15, -0.1) is 0 Å². The van der Waals surface area contributed by atoms with E-state index in [-0.39, 0.29) is 11.9 Å². The van der Waals surface area contributed by atoms with Gasteiger partial charge >= 0.3 is 0 Å². The molecule has 0 saturated heterocycles. The van der Waals surface area contributed by atoms with Crippen LogP contribution in [0.15, 0.2) is 28.8 Å². The summed E-state index contributed by atoms with van der Waals surface area (Å²) in [5.74, 6) is 0.839. The number of ether oxygens (including phenoxy) is 1. The van der Waals surface area contributed by atoms with Gasteiger partial charge in [0.25, 0.3) is 5.89 Å². The van der Waals surface area contributed by atoms with E-state index in [2.05, 4.69) is 15.5 Å². The van der Waals surface area contributed by atoms with E-state index < -0.39 is 0 Å². The van der Waals surface area contributed by atoms with E-state index in [0.717, 1.165) is 0 Å². The van der Waals surface area contributed by atoms with E-state index in [1.165, 1.54) is 6.07 Å². The second kappa shape index (κ2) is 7.12. The van der Waals surface area contributed by atoms with E-state index in [1.54, 1.807) is 19.2 Å². The molecule has 0 bridgehead atoms. The van der Waals surface area contributed by atoms with Crippen LogP contribution in [0.5, 0.6) is 0 Å². The lowest BCUT2D eigenvalue weighted by Crippen LogP contribution is -2.28. The van der Waals surface area contributed by atoms with Crippen LogP contribution in [0.25, 0.3) is 0 Å². The fourth-order valence-electron chi connectivity index (χ4n) is 1.88. The van der Waals surface area contributed by atoms with E-state index in [4.69, 9.17) is 9.26 Å². The van der Waals surface area contributed by atoms with Crippen molar-refractivity contribution in [2.45, 2.75) is 32.5 Å². The standard InChI is InChI=1S/C14H18FN3O2/c1-10(7-11-5-3-4-6-12(11)15)16-8-13-17-14(9-19-2)20-18-13/h3-6,10,16H,7-9H2,1-2H3/t10-/m1/s1. The molecule has 0 unspecified atom stereocenters. The zero-order valence-corrected chi connectivity index (χ0v) is 11.6. The van der Waals surface area contributed by atoms with Gasteiger partial charge in [-0.25, -0.2) is 4.39 Å². The molecule has 2 aromatic rings. The highest BCUT2D eigenvalue weighted by Crippen LogP contribution is 2.09. The molecule has 1 aromatic carbocycles. The second-order valence-electron chi connectivity index (χ2n) is 4.61. The van der Waals surface area contributed by atoms with Gasteiger partial charge in [0.2, 0.25) is 0 Å². The molecule has 0 radical (unpaired) electrons. The number of rotatable bonds is 7. The molecule has 20 heavy (non-hydrogen) atoms. The summed E-state index contributed by atoms with van der Waals surface area (Å²) in [5, 5.41) is 7.07. The highest BCUT2D eigenvalue weighted by molar-refractivity contribution is 5.18. The van der Waals surface area contributed by atoms with E-state index in [0.29, 0.717) is 36.9 Å². The maximum absolute atomic E-state index is 13.5. The molecule has 1 N–H and O–H groups in total. The molecular formula is C14H18FN3O2. The number of aromatic nitrogens is 2. The van der Waals surface area contributed by atoms with Crippen molar-refractivity contribution >= 4 is 0 Å². The van der Waals surface area contributed by atoms with Gasteiger partial charge in [0.05, 0.1) is 6.54 Å². The number of hydrogen-bond donors (Lipinski definition) is 1. The third kappa shape index (κ3) is 4.11. The van der Waals surface area contributed by atoms with E-state index in [9.17, 15) is 4.39 Å². The Morgan fingerprint density at radius 1 is 1.40 bits per heavy atom. The van der Waals surface area contributed by atoms with Gasteiger partial charge in [-0.2, -0.15) is 4.98 Å². The van der Waals surface area contributed by atoms with Crippen LogP contribution in [0, 0.1) is 5.82 Å². The Balaban J connectivity index is 1.82. The third-order valence-corrected chi connectivity index (χ3v) is 2.87. The van der Waals surface area contributed by atoms with Crippen molar-refractivity contribution < 1.29 is 13.7 Å². The second-order valence-corrected chi connectivity index (χ2v) is 4.61. The molecule has 0 aliphatic heterocycles. The first-order valence-electron chi connectivity index (χ1n) is 6.46. The van der Waals surface area contributed by atoms with Gasteiger partial charge in [-0.3, -0.25) is 0 Å². The van der Waals surface area contributed by atoms with E-state index >= 15 is 0 Å². The van der Waals surface area contributed by atoms with Crippen molar-refractivity contribution in [1.29, 1.82) is 0 Å². The molecule has 1 aromatic heterocycles. The normalized spacial score (nSPS) is 12.6. The molecule has 1 heterocycles. The Bertz CT molecular complexity index is 545. The number of hydrogen-bond acceptors (Lipinski definition) is 5. The zero-order valence-electron chi connectivity index (χ0n) is 11.6. The SMILES string of the molecule is COCc1nc(CN[C@H](C)Cc2ccccc2F)no1. The predicted octanol–water partition coefficient (Wildman–Crippen LogP) is 2.08. The van der Waals surface area contributed by atoms with Crippen LogP contribution in [-0.4, -0.2) is 23.3 Å². The molecule has 0 spiro atoms. The molecule has 108 valence electrons. The van der Waals surface area contributed by atoms with Crippen molar-refractivity contribution in [3.8, 4) is 0 Å². The van der Waals surface area contributed by atoms with Crippen molar-refractivity contribution in [3.63, 3.8) is 0 Å². The Labute approximate surface area is 117 Å². The summed E-state index contributed by atoms with van der Waals surface area (Å²) < 4.78 is 23.4. The minimum Gasteiger partial charge on any atom is -0.375 e. The maximum atomic E-state index is 13.5. The number of methoxy groups -OCH3 is 1. The Morgan fingerprint density at radius 3 is 2.95 bits per heavy atom. The molecule has 0 amide bonds. The zero-order chi connectivity index (χ0) is 14.4. The monoisotopic (exact) mass is 279 g/mol. The average Bonchev–Trinajstić information content (AvgIpc) is 2.87. The number of nitrogens with zero attached hydrogens (tertiary/aromatic N) is 2. The van der Waals surface area contributed by atoms with Crippen LogP contribution >= 0.6 is 0 Å². The molecule has 0 aliphatic rings. The maximum Gasteiger partial charge on any atom is 0.252 e. The first-order valence-corrected chi connectivity index (χ1v) is 6.46. The lowest BCUT2D eigenvalue weighted by Gasteiger charge is -2.12. The van der Waals surface area contributed by atoms with Crippen LogP contribution in [0.3, 0.4) is 0 Å². The smallest absolute Gasteiger partial charge is 0.252 e. The van der Waals surface area contributed by atoms with Crippen molar-refractivity contribution in [2.75, 3.05) is 7.11 Å². The topological polar surface area (TPSA) is 60.2 Å². The highest BCUT2D eigenvalue weighted by Gasteiger charge is 2.10. The molecule has 0 saturated carbocycles. The van der Waals surface area contributed by atoms with Gasteiger partial charge in [0.15, 0.2) is 5.82 Å². The van der Waals surface area contributed by atoms with Gasteiger partial charge in [0, 0.05) is 13.2 Å². The van der Waals surface area contributed by atoms with Gasteiger partial charge in [0.1, 0.15) is 12.4 Å². The molecule has 5 nitrogen and oxygen atoms in total. The lowest BCUT2D eigenvalue weighted by atomic mass is 10.1. The summed E-state index contributed by atoms with van der Waals surface area (Å²) in [6.45, 7) is 2.77. The minimum absolute atomic E-state index is 0.108. The van der Waals surface area contributed by atoms with Crippen molar-refractivity contribution in [3.05, 3.63) is 47.4 Å². The first kappa shape index (κ1) is 14.6. The number of benzene rings is 1. The van der Waals surface area contributed by atoms with Crippen LogP contribution < -0.4 is 5.32 Å². The summed E-state index contributed by atoms with van der Waals surface area (Å²) in [6, 6.07) is 6.89. The van der Waals surface area contributed by atoms with Crippen molar-refractivity contribution in [2.24, 2.45) is 0 Å². The fourth-order valence-corrected chi connectivity index (χ4v) is 1.88. The Kier molecular flexibility index (Phi) is 5.20. The summed E-state index contributed by atoms with van der Waals surface area (Å²) >= 11 is 0. The van der Waals surface area contributed by atoms with E-state index in [1.807, 2.05) is 13.0 Å². The predicted molar refractivity (Wildman–Crippen MR) is 71.4 cm³/mol. The van der Waals surface area contributed by atoms with Gasteiger partial charge in [-0.05, 0) is 25.0 Å². The lowest BCUT2D eigenvalue weighted by molar-refractivity contribution is 0.151. The third-order valence-electron chi connectivity index (χ3n) is 2.87. The van der Waals surface area contributed by atoms with Gasteiger partial charge in [-0.1, -0.05) is 23.4 Å². The Hall–Kier alpha value is -1.79. The molecule has 6 heteroatoms. The quantitative estimate of drug-likeness (QED) is 0.840. The Morgan fingerprint density at radius 2 is 2.20 bits per heavy atom. The molecule has 2 rings (SSSR count). The summed E-state index contributed by atoms with van der Waals surface area (Å²) in [4.78, 5) is 4.16. The number of halogens is 1. The molecule has 0 fully saturated rings. The molecular weight excluding hydrogens is 261 g/mol. The highest BCUT2D eigenvalue weighted by atomic mass is 19.1. The molecule has 1 atom stereocenters. The summed E-state index contributed by atoms with van der Waals surface area (Å²) in [7, 11) is 1.57.